The van der Waals surface area contributed by atoms with Crippen molar-refractivity contribution in [3.8, 4) is 0 Å². The van der Waals surface area contributed by atoms with Gasteiger partial charge in [-0.3, -0.25) is 19.2 Å². The summed E-state index contributed by atoms with van der Waals surface area (Å²) >= 11 is 1.09. The topological polar surface area (TPSA) is 98.8 Å². The van der Waals surface area contributed by atoms with Crippen LogP contribution in [0, 0.1) is 11.8 Å². The molecule has 0 saturated carbocycles. The summed E-state index contributed by atoms with van der Waals surface area (Å²) in [4.78, 5) is 48.8. The first kappa shape index (κ1) is 46.2. The van der Waals surface area contributed by atoms with Gasteiger partial charge in [0.1, 0.15) is 12.2 Å². The molecule has 0 aliphatic heterocycles. The van der Waals surface area contributed by atoms with Gasteiger partial charge >= 0.3 is 11.9 Å². The number of esters is 2. The Morgan fingerprint density at radius 3 is 1.48 bits per heavy atom. The molecule has 0 aromatic heterocycles. The van der Waals surface area contributed by atoms with E-state index in [2.05, 4.69) is 33.0 Å². The predicted molar refractivity (Wildman–Crippen MR) is 202 cm³/mol. The second kappa shape index (κ2) is 31.2. The number of amides is 1. The monoisotopic (exact) mass is 696 g/mol. The summed E-state index contributed by atoms with van der Waals surface area (Å²) in [5.41, 5.74) is 0. The van der Waals surface area contributed by atoms with Crippen LogP contribution in [0.1, 0.15) is 183 Å². The minimum absolute atomic E-state index is 0.0329. The molecule has 7 nitrogen and oxygen atoms in total. The minimum Gasteiger partial charge on any atom is -0.462 e. The van der Waals surface area contributed by atoms with Gasteiger partial charge in [0.2, 0.25) is 5.91 Å². The van der Waals surface area contributed by atoms with Crippen LogP contribution in [0.2, 0.25) is 0 Å². The smallest absolute Gasteiger partial charge is 0.303 e. The molecule has 0 fully saturated rings. The van der Waals surface area contributed by atoms with Crippen molar-refractivity contribution in [2.24, 2.45) is 11.8 Å². The molecule has 1 N–H and O–H groups in total. The standard InChI is InChI=1S/C40H73NO6S/c1-32(2)26-22-18-14-10-8-12-16-20-24-28-37(46-34(5)42)30-40(45)41-38(31-48-36(7)44)39(47-35(6)43)29-25-21-17-13-9-11-15-19-23-27-33(3)4/h25,29,32-33,37-39H,8-24,26-28,30-31H2,1-7H3,(H,41,45)/b29-25+/t37-,38+,39-/m1/s1. The molecule has 0 aromatic carbocycles. The highest BCUT2D eigenvalue weighted by atomic mass is 32.2. The van der Waals surface area contributed by atoms with Gasteiger partial charge in [0.05, 0.1) is 12.5 Å². The number of thioether (sulfide) groups is 1. The summed E-state index contributed by atoms with van der Waals surface area (Å²) in [6.07, 6.45) is 26.2. The molecule has 280 valence electrons. The lowest BCUT2D eigenvalue weighted by atomic mass is 10.0. The van der Waals surface area contributed by atoms with E-state index in [0.717, 1.165) is 62.1 Å². The third-order valence-electron chi connectivity index (χ3n) is 8.54. The third-order valence-corrected chi connectivity index (χ3v) is 9.47. The van der Waals surface area contributed by atoms with Gasteiger partial charge in [-0.1, -0.05) is 148 Å². The highest BCUT2D eigenvalue weighted by molar-refractivity contribution is 8.13. The van der Waals surface area contributed by atoms with Crippen molar-refractivity contribution >= 4 is 34.7 Å². The number of hydrogen-bond donors (Lipinski definition) is 1. The highest BCUT2D eigenvalue weighted by Crippen LogP contribution is 2.18. The maximum absolute atomic E-state index is 13.2. The number of unbranched alkanes of at least 4 members (excludes halogenated alkanes) is 15. The van der Waals surface area contributed by atoms with E-state index < -0.39 is 30.2 Å². The number of hydrogen-bond acceptors (Lipinski definition) is 7. The van der Waals surface area contributed by atoms with Gasteiger partial charge in [-0.2, -0.15) is 0 Å². The van der Waals surface area contributed by atoms with Gasteiger partial charge in [0.15, 0.2) is 5.12 Å². The Bertz CT molecular complexity index is 874. The van der Waals surface area contributed by atoms with Crippen molar-refractivity contribution in [2.75, 3.05) is 5.75 Å². The number of allylic oxidation sites excluding steroid dienone is 1. The second-order valence-electron chi connectivity index (χ2n) is 14.5. The van der Waals surface area contributed by atoms with E-state index in [1.165, 1.54) is 104 Å². The Hall–Kier alpha value is -1.83. The molecule has 1 amide bonds. The number of carbonyl (C=O) groups is 4. The van der Waals surface area contributed by atoms with Crippen molar-refractivity contribution in [2.45, 2.75) is 202 Å². The van der Waals surface area contributed by atoms with Crippen LogP contribution in [0.4, 0.5) is 0 Å². The average Bonchev–Trinajstić information content (AvgIpc) is 2.99. The van der Waals surface area contributed by atoms with Crippen LogP contribution in [0.5, 0.6) is 0 Å². The van der Waals surface area contributed by atoms with Crippen LogP contribution in [-0.2, 0) is 28.7 Å². The minimum atomic E-state index is -0.693. The first-order chi connectivity index (χ1) is 22.9. The van der Waals surface area contributed by atoms with Crippen LogP contribution in [-0.4, -0.2) is 47.0 Å². The quantitative estimate of drug-likeness (QED) is 0.0438. The van der Waals surface area contributed by atoms with Crippen LogP contribution in [0.3, 0.4) is 0 Å². The number of rotatable bonds is 31. The van der Waals surface area contributed by atoms with E-state index in [9.17, 15) is 19.2 Å². The fraction of sp³-hybridized carbons (Fsp3) is 0.850. The van der Waals surface area contributed by atoms with E-state index in [-0.39, 0.29) is 23.2 Å². The molecule has 0 radical (unpaired) electrons. The van der Waals surface area contributed by atoms with Gasteiger partial charge in [0.25, 0.3) is 0 Å². The lowest BCUT2D eigenvalue weighted by Crippen LogP contribution is -2.47. The summed E-state index contributed by atoms with van der Waals surface area (Å²) in [5.74, 6) is 0.719. The van der Waals surface area contributed by atoms with Gasteiger partial charge in [-0.15, -0.1) is 0 Å². The summed E-state index contributed by atoms with van der Waals surface area (Å²) < 4.78 is 11.1. The molecule has 0 aliphatic rings. The zero-order chi connectivity index (χ0) is 36.0. The molecule has 0 aliphatic carbocycles. The summed E-state index contributed by atoms with van der Waals surface area (Å²) in [6.45, 7) is 13.3. The Balaban J connectivity index is 4.84. The van der Waals surface area contributed by atoms with Crippen molar-refractivity contribution in [3.05, 3.63) is 12.2 Å². The zero-order valence-corrected chi connectivity index (χ0v) is 32.8. The Morgan fingerprint density at radius 1 is 0.604 bits per heavy atom. The van der Waals surface area contributed by atoms with Gasteiger partial charge < -0.3 is 14.8 Å². The molecule has 0 bridgehead atoms. The lowest BCUT2D eigenvalue weighted by Gasteiger charge is -2.26. The Labute approximate surface area is 299 Å². The maximum atomic E-state index is 13.2. The van der Waals surface area contributed by atoms with Crippen molar-refractivity contribution < 1.29 is 28.7 Å². The second-order valence-corrected chi connectivity index (χ2v) is 15.7. The normalized spacial score (nSPS) is 13.5. The van der Waals surface area contributed by atoms with Gasteiger partial charge in [-0.25, -0.2) is 0 Å². The van der Waals surface area contributed by atoms with E-state index >= 15 is 0 Å². The van der Waals surface area contributed by atoms with E-state index in [4.69, 9.17) is 9.47 Å². The molecule has 8 heteroatoms. The molecule has 3 atom stereocenters. The van der Waals surface area contributed by atoms with Crippen LogP contribution in [0.15, 0.2) is 12.2 Å². The summed E-state index contributed by atoms with van der Waals surface area (Å²) in [7, 11) is 0. The molecular formula is C40H73NO6S. The van der Waals surface area contributed by atoms with Crippen molar-refractivity contribution in [1.29, 1.82) is 0 Å². The SMILES string of the molecule is CC(=O)O[C@H](CCCCCCCCCCCC(C)C)CC(=O)N[C@@H](CSC(C)=O)[C@@H](/C=C/CCCCCCCCCC(C)C)OC(C)=O. The average molecular weight is 696 g/mol. The Morgan fingerprint density at radius 2 is 1.04 bits per heavy atom. The largest absolute Gasteiger partial charge is 0.462 e. The molecule has 0 spiro atoms. The number of ether oxygens (including phenoxy) is 2. The van der Waals surface area contributed by atoms with Gasteiger partial charge in [-0.05, 0) is 43.6 Å². The zero-order valence-electron chi connectivity index (χ0n) is 32.0. The first-order valence-corrected chi connectivity index (χ1v) is 20.3. The van der Waals surface area contributed by atoms with Gasteiger partial charge in [0, 0.05) is 26.5 Å². The Kier molecular flexibility index (Phi) is 30.0. The van der Waals surface area contributed by atoms with E-state index in [1.54, 1.807) is 0 Å². The third kappa shape index (κ3) is 31.4. The molecule has 0 rings (SSSR count). The van der Waals surface area contributed by atoms with Crippen molar-refractivity contribution in [1.82, 2.24) is 5.32 Å². The highest BCUT2D eigenvalue weighted by Gasteiger charge is 2.26. The number of nitrogens with one attached hydrogen (secondary N) is 1. The van der Waals surface area contributed by atoms with Crippen molar-refractivity contribution in [3.63, 3.8) is 0 Å². The molecule has 0 unspecified atom stereocenters. The molecule has 0 aromatic rings. The lowest BCUT2D eigenvalue weighted by molar-refractivity contribution is -0.149. The van der Waals surface area contributed by atoms with E-state index in [1.807, 2.05) is 12.2 Å². The molecular weight excluding hydrogens is 623 g/mol. The summed E-state index contributed by atoms with van der Waals surface area (Å²) in [6, 6.07) is -0.583. The summed E-state index contributed by atoms with van der Waals surface area (Å²) in [5, 5.41) is 2.91. The van der Waals surface area contributed by atoms with Crippen LogP contribution in [0.25, 0.3) is 0 Å². The fourth-order valence-corrected chi connectivity index (χ4v) is 6.56. The fourth-order valence-electron chi connectivity index (χ4n) is 5.87. The van der Waals surface area contributed by atoms with Crippen LogP contribution >= 0.6 is 11.8 Å². The number of carbonyl (C=O) groups excluding carboxylic acids is 4. The molecule has 0 heterocycles. The molecule has 0 saturated heterocycles. The maximum Gasteiger partial charge on any atom is 0.303 e. The predicted octanol–water partition coefficient (Wildman–Crippen LogP) is 10.7. The first-order valence-electron chi connectivity index (χ1n) is 19.3. The van der Waals surface area contributed by atoms with Crippen LogP contribution < -0.4 is 5.32 Å². The molecule has 48 heavy (non-hydrogen) atoms. The van der Waals surface area contributed by atoms with E-state index in [0.29, 0.717) is 6.42 Å².